The molecule has 2 aromatic heterocycles. The molecule has 1 aromatic carbocycles. The van der Waals surface area contributed by atoms with Crippen molar-refractivity contribution in [3.63, 3.8) is 0 Å². The first-order valence-corrected chi connectivity index (χ1v) is 5.99. The van der Waals surface area contributed by atoms with Crippen LogP contribution in [0.3, 0.4) is 0 Å². The molecule has 3 rings (SSSR count). The largest absolute Gasteiger partial charge is 0.411 e. The van der Waals surface area contributed by atoms with Gasteiger partial charge in [0.25, 0.3) is 5.56 Å². The number of halogens is 1. The summed E-state index contributed by atoms with van der Waals surface area (Å²) in [6.45, 7) is 0. The third-order valence-electron chi connectivity index (χ3n) is 2.79. The molecule has 0 amide bonds. The van der Waals surface area contributed by atoms with Gasteiger partial charge in [0.2, 0.25) is 5.58 Å². The summed E-state index contributed by atoms with van der Waals surface area (Å²) in [7, 11) is 0. The van der Waals surface area contributed by atoms with Gasteiger partial charge in [0.05, 0.1) is 16.2 Å². The second-order valence-electron chi connectivity index (χ2n) is 4.03. The smallest absolute Gasteiger partial charge is 0.402 e. The van der Waals surface area contributed by atoms with E-state index < -0.39 is 16.7 Å². The van der Waals surface area contributed by atoms with Gasteiger partial charge in [-0.25, -0.2) is 4.79 Å². The van der Waals surface area contributed by atoms with E-state index in [1.807, 2.05) is 0 Å². The van der Waals surface area contributed by atoms with Gasteiger partial charge >= 0.3 is 11.2 Å². The van der Waals surface area contributed by atoms with E-state index in [1.54, 1.807) is 24.3 Å². The van der Waals surface area contributed by atoms with Crippen LogP contribution < -0.4 is 16.7 Å². The average Bonchev–Trinajstić information content (AvgIpc) is 2.43. The van der Waals surface area contributed by atoms with Crippen LogP contribution in [-0.2, 0) is 0 Å². The van der Waals surface area contributed by atoms with Gasteiger partial charge in [-0.2, -0.15) is 0 Å². The third kappa shape index (κ3) is 1.86. The molecular formula is C13H7ClN2O4. The maximum atomic E-state index is 12.3. The molecule has 0 aliphatic rings. The molecule has 0 fully saturated rings. The highest BCUT2D eigenvalue weighted by Crippen LogP contribution is 2.18. The molecule has 100 valence electrons. The van der Waals surface area contributed by atoms with Crippen LogP contribution in [0.4, 0.5) is 0 Å². The molecule has 0 unspecified atom stereocenters. The average molecular weight is 291 g/mol. The zero-order chi connectivity index (χ0) is 14.3. The van der Waals surface area contributed by atoms with Crippen LogP contribution >= 0.6 is 11.6 Å². The molecular weight excluding hydrogens is 284 g/mol. The number of nitrogens with one attached hydrogen (secondary N) is 1. The number of fused-ring (bicyclic) bond motifs is 1. The van der Waals surface area contributed by atoms with Crippen LogP contribution in [0.25, 0.3) is 16.8 Å². The number of H-pyrrole nitrogens is 1. The van der Waals surface area contributed by atoms with Gasteiger partial charge in [-0.15, -0.1) is 0 Å². The lowest BCUT2D eigenvalue weighted by molar-refractivity contribution is 0.540. The lowest BCUT2D eigenvalue weighted by Gasteiger charge is -2.07. The van der Waals surface area contributed by atoms with Crippen LogP contribution in [0.1, 0.15) is 0 Å². The summed E-state index contributed by atoms with van der Waals surface area (Å²) in [5.41, 5.74) is -2.22. The zero-order valence-corrected chi connectivity index (χ0v) is 10.7. The van der Waals surface area contributed by atoms with Crippen LogP contribution in [0.5, 0.6) is 0 Å². The highest BCUT2D eigenvalue weighted by molar-refractivity contribution is 6.32. The predicted octanol–water partition coefficient (Wildman–Crippen LogP) is 1.29. The van der Waals surface area contributed by atoms with Crippen LogP contribution in [0.2, 0.25) is 5.02 Å². The molecule has 0 aliphatic carbocycles. The van der Waals surface area contributed by atoms with Gasteiger partial charge in [0.1, 0.15) is 0 Å². The number of para-hydroxylation sites is 1. The Labute approximate surface area is 115 Å². The van der Waals surface area contributed by atoms with Crippen LogP contribution in [0.15, 0.2) is 55.3 Å². The normalized spacial score (nSPS) is 10.8. The third-order valence-corrected chi connectivity index (χ3v) is 3.11. The minimum absolute atomic E-state index is 0.155. The molecule has 6 nitrogen and oxygen atoms in total. The number of aromatic nitrogens is 2. The van der Waals surface area contributed by atoms with E-state index in [0.717, 1.165) is 0 Å². The SMILES string of the molecule is O=c1[nH]c2ccn(-c3ccccc3Cl)c(=O)c2oc1=O. The van der Waals surface area contributed by atoms with E-state index in [0.29, 0.717) is 10.7 Å². The van der Waals surface area contributed by atoms with E-state index >= 15 is 0 Å². The number of aromatic amines is 1. The number of pyridine rings is 1. The summed E-state index contributed by atoms with van der Waals surface area (Å²) in [5.74, 6) is 0. The summed E-state index contributed by atoms with van der Waals surface area (Å²) in [5, 5.41) is 0.376. The summed E-state index contributed by atoms with van der Waals surface area (Å²) < 4.78 is 5.99. The fourth-order valence-corrected chi connectivity index (χ4v) is 2.09. The van der Waals surface area contributed by atoms with Crippen LogP contribution in [-0.4, -0.2) is 9.55 Å². The van der Waals surface area contributed by atoms with Crippen molar-refractivity contribution in [1.29, 1.82) is 0 Å². The monoisotopic (exact) mass is 290 g/mol. The van der Waals surface area contributed by atoms with E-state index in [1.165, 1.54) is 16.8 Å². The van der Waals surface area contributed by atoms with E-state index in [2.05, 4.69) is 4.98 Å². The van der Waals surface area contributed by atoms with Gasteiger partial charge in [0.15, 0.2) is 0 Å². The maximum absolute atomic E-state index is 12.3. The quantitative estimate of drug-likeness (QED) is 0.684. The van der Waals surface area contributed by atoms with Crippen LogP contribution in [0, 0.1) is 0 Å². The topological polar surface area (TPSA) is 85.1 Å². The van der Waals surface area contributed by atoms with E-state index in [-0.39, 0.29) is 11.1 Å². The zero-order valence-electron chi connectivity index (χ0n) is 9.92. The molecule has 1 N–H and O–H groups in total. The summed E-state index contributed by atoms with van der Waals surface area (Å²) in [6, 6.07) is 8.21. The Morgan fingerprint density at radius 2 is 1.85 bits per heavy atom. The van der Waals surface area contributed by atoms with Gasteiger partial charge in [-0.05, 0) is 18.2 Å². The first-order valence-electron chi connectivity index (χ1n) is 5.61. The highest BCUT2D eigenvalue weighted by atomic mass is 35.5. The Hall–Kier alpha value is -2.60. The number of benzene rings is 1. The second kappa shape index (κ2) is 4.50. The molecule has 0 bridgehead atoms. The molecule has 0 aliphatic heterocycles. The number of hydrogen-bond acceptors (Lipinski definition) is 4. The van der Waals surface area contributed by atoms with Crippen molar-refractivity contribution in [1.82, 2.24) is 9.55 Å². The molecule has 20 heavy (non-hydrogen) atoms. The van der Waals surface area contributed by atoms with Crippen molar-refractivity contribution >= 4 is 22.7 Å². The number of rotatable bonds is 1. The minimum atomic E-state index is -1.12. The first-order chi connectivity index (χ1) is 9.58. The molecule has 0 spiro atoms. The Bertz CT molecular complexity index is 984. The van der Waals surface area contributed by atoms with Crippen molar-refractivity contribution in [3.8, 4) is 5.69 Å². The Morgan fingerprint density at radius 1 is 1.10 bits per heavy atom. The van der Waals surface area contributed by atoms with Gasteiger partial charge in [-0.3, -0.25) is 14.2 Å². The van der Waals surface area contributed by atoms with E-state index in [4.69, 9.17) is 16.0 Å². The molecule has 0 atom stereocenters. The second-order valence-corrected chi connectivity index (χ2v) is 4.44. The first kappa shape index (κ1) is 12.4. The number of hydrogen-bond donors (Lipinski definition) is 1. The molecule has 0 saturated heterocycles. The molecule has 2 heterocycles. The Morgan fingerprint density at radius 3 is 2.60 bits per heavy atom. The molecule has 0 saturated carbocycles. The molecule has 0 radical (unpaired) electrons. The lowest BCUT2D eigenvalue weighted by atomic mass is 10.3. The summed E-state index contributed by atoms with van der Waals surface area (Å²) in [4.78, 5) is 37.0. The standard InChI is InChI=1S/C13H7ClN2O4/c14-7-3-1-2-4-9(7)16-6-5-8-10(12(16)18)20-13(19)11(17)15-8/h1-6H,(H,15,17). The lowest BCUT2D eigenvalue weighted by Crippen LogP contribution is -2.28. The van der Waals surface area contributed by atoms with Gasteiger partial charge < -0.3 is 9.40 Å². The van der Waals surface area contributed by atoms with Gasteiger partial charge in [-0.1, -0.05) is 23.7 Å². The van der Waals surface area contributed by atoms with Gasteiger partial charge in [0, 0.05) is 6.20 Å². The van der Waals surface area contributed by atoms with E-state index in [9.17, 15) is 14.4 Å². The fourth-order valence-electron chi connectivity index (χ4n) is 1.86. The van der Waals surface area contributed by atoms with Crippen molar-refractivity contribution < 1.29 is 4.42 Å². The number of nitrogens with zero attached hydrogens (tertiary/aromatic N) is 1. The van der Waals surface area contributed by atoms with Crippen molar-refractivity contribution in [2.45, 2.75) is 0 Å². The Kier molecular flexibility index (Phi) is 2.80. The fraction of sp³-hybridized carbons (Fsp3) is 0. The summed E-state index contributed by atoms with van der Waals surface area (Å²) >= 11 is 6.03. The predicted molar refractivity (Wildman–Crippen MR) is 73.7 cm³/mol. The minimum Gasteiger partial charge on any atom is -0.411 e. The Balaban J connectivity index is 2.41. The van der Waals surface area contributed by atoms with Crippen molar-refractivity contribution in [2.75, 3.05) is 0 Å². The highest BCUT2D eigenvalue weighted by Gasteiger charge is 2.11. The van der Waals surface area contributed by atoms with Crippen molar-refractivity contribution in [2.24, 2.45) is 0 Å². The van der Waals surface area contributed by atoms with Crippen molar-refractivity contribution in [3.05, 3.63) is 72.7 Å². The molecule has 7 heteroatoms. The molecule has 3 aromatic rings. The summed E-state index contributed by atoms with van der Waals surface area (Å²) in [6.07, 6.45) is 1.45. The maximum Gasteiger partial charge on any atom is 0.402 e.